The predicted octanol–water partition coefficient (Wildman–Crippen LogP) is 10.4. The van der Waals surface area contributed by atoms with Crippen molar-refractivity contribution >= 4 is 29.5 Å². The minimum Gasteiger partial charge on any atom is -0.484 e. The van der Waals surface area contributed by atoms with Crippen LogP contribution < -0.4 is 4.74 Å². The van der Waals surface area contributed by atoms with Gasteiger partial charge >= 0.3 is 0 Å². The number of hydrogen-bond donors (Lipinski definition) is 0. The maximum Gasteiger partial charge on any atom is 0.138 e. The summed E-state index contributed by atoms with van der Waals surface area (Å²) in [6.07, 6.45) is 1.93. The Morgan fingerprint density at radius 1 is 0.646 bits per heavy atom. The number of fused-ring (bicyclic) bond motifs is 5. The van der Waals surface area contributed by atoms with Gasteiger partial charge in [-0.1, -0.05) is 140 Å². The standard InChI is InChI=1S/C44H33N3O/c1-45-39(34-25-23-32(24-26-34)31-14-4-2-5-15-31)28-40(33-16-6-3-7-17-33)46-29-30-13-12-18-35(27-30)43-42-37-20-9-11-22-41(37)48-44(42)36-19-8-10-21-38(36)47-43/h2-28,42,44H,1,29H2/b39-28-,46-40?. The molecule has 2 atom stereocenters. The van der Waals surface area contributed by atoms with Crippen LogP contribution >= 0.6 is 0 Å². The van der Waals surface area contributed by atoms with Gasteiger partial charge in [-0.25, -0.2) is 0 Å². The zero-order valence-electron chi connectivity index (χ0n) is 26.4. The smallest absolute Gasteiger partial charge is 0.138 e. The molecule has 2 heterocycles. The second-order valence-electron chi connectivity index (χ2n) is 12.0. The fraction of sp³-hybridized carbons (Fsp3) is 0.0682. The molecule has 0 saturated heterocycles. The lowest BCUT2D eigenvalue weighted by atomic mass is 9.81. The molecule has 2 aliphatic heterocycles. The molecule has 0 aliphatic carbocycles. The average Bonchev–Trinajstić information content (AvgIpc) is 3.56. The van der Waals surface area contributed by atoms with E-state index < -0.39 is 0 Å². The van der Waals surface area contributed by atoms with Crippen LogP contribution in [0.15, 0.2) is 179 Å². The quantitative estimate of drug-likeness (QED) is 0.156. The van der Waals surface area contributed by atoms with Gasteiger partial charge in [-0.3, -0.25) is 15.0 Å². The van der Waals surface area contributed by atoms with E-state index in [4.69, 9.17) is 14.7 Å². The van der Waals surface area contributed by atoms with E-state index in [2.05, 4.69) is 133 Å². The summed E-state index contributed by atoms with van der Waals surface area (Å²) in [5.41, 5.74) is 12.4. The number of rotatable bonds is 8. The van der Waals surface area contributed by atoms with E-state index in [1.807, 2.05) is 42.5 Å². The molecule has 230 valence electrons. The van der Waals surface area contributed by atoms with Gasteiger partial charge in [0.05, 0.1) is 35.3 Å². The third kappa shape index (κ3) is 5.69. The number of nitrogens with zero attached hydrogens (tertiary/aromatic N) is 3. The molecule has 0 spiro atoms. The van der Waals surface area contributed by atoms with Crippen LogP contribution in [-0.4, -0.2) is 18.1 Å². The first-order valence-electron chi connectivity index (χ1n) is 16.2. The van der Waals surface area contributed by atoms with Gasteiger partial charge in [-0.15, -0.1) is 0 Å². The Hall–Kier alpha value is -6.13. The van der Waals surface area contributed by atoms with Crippen molar-refractivity contribution in [2.24, 2.45) is 15.0 Å². The van der Waals surface area contributed by atoms with Crippen molar-refractivity contribution in [2.75, 3.05) is 0 Å². The van der Waals surface area contributed by atoms with Gasteiger partial charge in [-0.05, 0) is 58.8 Å². The lowest BCUT2D eigenvalue weighted by Gasteiger charge is -2.27. The highest BCUT2D eigenvalue weighted by Crippen LogP contribution is 2.52. The molecule has 0 N–H and O–H groups in total. The predicted molar refractivity (Wildman–Crippen MR) is 198 cm³/mol. The monoisotopic (exact) mass is 619 g/mol. The molecule has 2 unspecified atom stereocenters. The number of para-hydroxylation sites is 2. The fourth-order valence-electron chi connectivity index (χ4n) is 6.67. The fourth-order valence-corrected chi connectivity index (χ4v) is 6.67. The van der Waals surface area contributed by atoms with E-state index in [0.717, 1.165) is 61.9 Å². The van der Waals surface area contributed by atoms with Gasteiger partial charge in [-0.2, -0.15) is 0 Å². The largest absolute Gasteiger partial charge is 0.484 e. The van der Waals surface area contributed by atoms with Gasteiger partial charge in [0, 0.05) is 16.7 Å². The molecule has 0 aromatic heterocycles. The first-order chi connectivity index (χ1) is 23.7. The number of hydrogen-bond acceptors (Lipinski definition) is 4. The molecule has 4 heteroatoms. The molecule has 0 radical (unpaired) electrons. The summed E-state index contributed by atoms with van der Waals surface area (Å²) < 4.78 is 6.54. The number of allylic oxidation sites excluding steroid dienone is 1. The van der Waals surface area contributed by atoms with Crippen molar-refractivity contribution in [3.63, 3.8) is 0 Å². The summed E-state index contributed by atoms with van der Waals surface area (Å²) in [4.78, 5) is 14.8. The Balaban J connectivity index is 1.13. The zero-order chi connectivity index (χ0) is 32.3. The van der Waals surface area contributed by atoms with Crippen molar-refractivity contribution in [1.82, 2.24) is 0 Å². The molecular formula is C44H33N3O. The molecule has 6 aromatic carbocycles. The molecule has 8 rings (SSSR count). The van der Waals surface area contributed by atoms with Crippen molar-refractivity contribution in [3.05, 3.63) is 197 Å². The number of ether oxygens (including phenoxy) is 1. The molecule has 0 bridgehead atoms. The molecule has 0 amide bonds. The first kappa shape index (κ1) is 29.3. The highest BCUT2D eigenvalue weighted by molar-refractivity contribution is 6.12. The van der Waals surface area contributed by atoms with Crippen LogP contribution in [0.25, 0.3) is 16.8 Å². The molecular weight excluding hydrogens is 587 g/mol. The number of benzene rings is 6. The van der Waals surface area contributed by atoms with E-state index in [1.165, 1.54) is 11.1 Å². The van der Waals surface area contributed by atoms with Gasteiger partial charge in [0.1, 0.15) is 11.9 Å². The first-order valence-corrected chi connectivity index (χ1v) is 16.2. The van der Waals surface area contributed by atoms with Gasteiger partial charge in [0.2, 0.25) is 0 Å². The third-order valence-electron chi connectivity index (χ3n) is 9.05. The van der Waals surface area contributed by atoms with Crippen LogP contribution in [0.1, 0.15) is 45.4 Å². The van der Waals surface area contributed by atoms with E-state index in [-0.39, 0.29) is 12.0 Å². The van der Waals surface area contributed by atoms with E-state index in [0.29, 0.717) is 6.54 Å². The van der Waals surface area contributed by atoms with Crippen LogP contribution in [0.2, 0.25) is 0 Å². The molecule has 2 aliphatic rings. The van der Waals surface area contributed by atoms with E-state index in [1.54, 1.807) is 0 Å². The van der Waals surface area contributed by atoms with Crippen LogP contribution in [0, 0.1) is 0 Å². The Morgan fingerprint density at radius 3 is 2.10 bits per heavy atom. The maximum atomic E-state index is 6.54. The Kier molecular flexibility index (Phi) is 7.89. The third-order valence-corrected chi connectivity index (χ3v) is 9.05. The van der Waals surface area contributed by atoms with Crippen LogP contribution in [0.5, 0.6) is 5.75 Å². The van der Waals surface area contributed by atoms with Crippen molar-refractivity contribution in [1.29, 1.82) is 0 Å². The minimum atomic E-state index is -0.103. The summed E-state index contributed by atoms with van der Waals surface area (Å²) in [5.74, 6) is 0.949. The lowest BCUT2D eigenvalue weighted by molar-refractivity contribution is 0.229. The highest BCUT2D eigenvalue weighted by atomic mass is 16.5. The van der Waals surface area contributed by atoms with Crippen LogP contribution in [0.4, 0.5) is 5.69 Å². The zero-order valence-corrected chi connectivity index (χ0v) is 26.4. The van der Waals surface area contributed by atoms with E-state index >= 15 is 0 Å². The van der Waals surface area contributed by atoms with E-state index in [9.17, 15) is 0 Å². The summed E-state index contributed by atoms with van der Waals surface area (Å²) >= 11 is 0. The van der Waals surface area contributed by atoms with Gasteiger partial charge < -0.3 is 4.74 Å². The second kappa shape index (κ2) is 12.9. The molecule has 48 heavy (non-hydrogen) atoms. The number of aliphatic imine (C=N–C) groups is 3. The lowest BCUT2D eigenvalue weighted by Crippen LogP contribution is -2.23. The Bertz CT molecular complexity index is 2200. The Labute approximate surface area is 281 Å². The maximum absolute atomic E-state index is 6.54. The van der Waals surface area contributed by atoms with Gasteiger partial charge in [0.15, 0.2) is 0 Å². The second-order valence-corrected chi connectivity index (χ2v) is 12.0. The molecule has 0 saturated carbocycles. The minimum absolute atomic E-state index is 0.0205. The van der Waals surface area contributed by atoms with Crippen molar-refractivity contribution in [2.45, 2.75) is 18.6 Å². The van der Waals surface area contributed by atoms with Gasteiger partial charge in [0.25, 0.3) is 0 Å². The summed E-state index contributed by atoms with van der Waals surface area (Å²) in [7, 11) is 0. The van der Waals surface area contributed by atoms with Crippen LogP contribution in [-0.2, 0) is 6.54 Å². The molecule has 0 fully saturated rings. The molecule has 6 aromatic rings. The summed E-state index contributed by atoms with van der Waals surface area (Å²) in [6.45, 7) is 4.41. The average molecular weight is 620 g/mol. The molecule has 4 nitrogen and oxygen atoms in total. The topological polar surface area (TPSA) is 46.3 Å². The van der Waals surface area contributed by atoms with Crippen molar-refractivity contribution in [3.8, 4) is 16.9 Å². The van der Waals surface area contributed by atoms with Crippen LogP contribution in [0.3, 0.4) is 0 Å². The van der Waals surface area contributed by atoms with Crippen molar-refractivity contribution < 1.29 is 4.74 Å². The Morgan fingerprint density at radius 2 is 1.31 bits per heavy atom. The summed E-state index contributed by atoms with van der Waals surface area (Å²) in [5, 5.41) is 0. The normalized spacial score (nSPS) is 16.6. The summed E-state index contributed by atoms with van der Waals surface area (Å²) in [6, 6.07) is 54.3. The highest BCUT2D eigenvalue weighted by Gasteiger charge is 2.42. The SMILES string of the molecule is C=N/C(=C\C(=NCc1cccc(C2=Nc3ccccc3C3Oc4ccccc4C23)c1)c1ccccc1)c1ccc(-c2ccccc2)cc1.